The summed E-state index contributed by atoms with van der Waals surface area (Å²) < 4.78 is 5.16. The summed E-state index contributed by atoms with van der Waals surface area (Å²) in [7, 11) is 0. The smallest absolute Gasteiger partial charge is 0.309 e. The van der Waals surface area contributed by atoms with Gasteiger partial charge in [-0.3, -0.25) is 4.79 Å². The van der Waals surface area contributed by atoms with Gasteiger partial charge < -0.3 is 9.72 Å². The Morgan fingerprint density at radius 2 is 2.32 bits per heavy atom. The van der Waals surface area contributed by atoms with Crippen molar-refractivity contribution in [2.45, 2.75) is 33.1 Å². The van der Waals surface area contributed by atoms with E-state index in [0.29, 0.717) is 6.61 Å². The normalized spacial score (nSPS) is 18.3. The molecule has 1 aromatic heterocycles. The third-order valence-corrected chi connectivity index (χ3v) is 4.05. The molecule has 0 spiro atoms. The molecule has 0 saturated heterocycles. The van der Waals surface area contributed by atoms with Crippen LogP contribution in [0.3, 0.4) is 0 Å². The lowest BCUT2D eigenvalue weighted by molar-refractivity contribution is -0.148. The lowest BCUT2D eigenvalue weighted by Crippen LogP contribution is -2.24. The Bertz CT molecular complexity index is 627. The second-order valence-electron chi connectivity index (χ2n) is 5.27. The van der Waals surface area contributed by atoms with Crippen LogP contribution < -0.4 is 0 Å². The molecule has 1 aliphatic rings. The molecule has 3 rings (SSSR count). The number of para-hydroxylation sites is 1. The highest BCUT2D eigenvalue weighted by Gasteiger charge is 2.28. The van der Waals surface area contributed by atoms with E-state index in [0.717, 1.165) is 19.3 Å². The molecule has 100 valence electrons. The molecular formula is C16H19NO2. The highest BCUT2D eigenvalue weighted by molar-refractivity contribution is 5.88. The number of rotatable bonds is 2. The molecule has 1 aromatic carbocycles. The van der Waals surface area contributed by atoms with Gasteiger partial charge in [-0.1, -0.05) is 18.2 Å². The van der Waals surface area contributed by atoms with E-state index in [1.807, 2.05) is 6.92 Å². The fourth-order valence-corrected chi connectivity index (χ4v) is 3.05. The number of esters is 1. The topological polar surface area (TPSA) is 42.1 Å². The van der Waals surface area contributed by atoms with Gasteiger partial charge in [0.25, 0.3) is 0 Å². The lowest BCUT2D eigenvalue weighted by atomic mass is 9.86. The van der Waals surface area contributed by atoms with Crippen molar-refractivity contribution >= 4 is 16.9 Å². The maximum absolute atomic E-state index is 11.9. The summed E-state index contributed by atoms with van der Waals surface area (Å²) in [6.45, 7) is 4.45. The number of aromatic nitrogens is 1. The van der Waals surface area contributed by atoms with E-state index < -0.39 is 0 Å². The van der Waals surface area contributed by atoms with Gasteiger partial charge >= 0.3 is 5.97 Å². The Kier molecular flexibility index (Phi) is 3.05. The number of carbonyl (C=O) groups excluding carboxylic acids is 1. The summed E-state index contributed by atoms with van der Waals surface area (Å²) in [6.07, 6.45) is 2.63. The van der Waals surface area contributed by atoms with Crippen LogP contribution >= 0.6 is 0 Å². The number of carbonyl (C=O) groups is 1. The van der Waals surface area contributed by atoms with Crippen LogP contribution in [0.1, 0.15) is 30.2 Å². The number of hydrogen-bond acceptors (Lipinski definition) is 2. The Balaban J connectivity index is 1.98. The highest BCUT2D eigenvalue weighted by Crippen LogP contribution is 2.33. The highest BCUT2D eigenvalue weighted by atomic mass is 16.5. The molecular weight excluding hydrogens is 238 g/mol. The van der Waals surface area contributed by atoms with E-state index in [-0.39, 0.29) is 11.9 Å². The Hall–Kier alpha value is -1.77. The van der Waals surface area contributed by atoms with Crippen LogP contribution in [0.5, 0.6) is 0 Å². The first-order chi connectivity index (χ1) is 9.20. The first-order valence-electron chi connectivity index (χ1n) is 6.96. The molecule has 1 heterocycles. The number of fused-ring (bicyclic) bond motifs is 3. The largest absolute Gasteiger partial charge is 0.466 e. The number of aromatic amines is 1. The average molecular weight is 257 g/mol. The zero-order valence-electron chi connectivity index (χ0n) is 11.5. The molecule has 0 amide bonds. The molecule has 0 fully saturated rings. The van der Waals surface area contributed by atoms with Crippen molar-refractivity contribution in [3.63, 3.8) is 0 Å². The van der Waals surface area contributed by atoms with Crippen molar-refractivity contribution < 1.29 is 9.53 Å². The second kappa shape index (κ2) is 4.72. The zero-order chi connectivity index (χ0) is 13.4. The summed E-state index contributed by atoms with van der Waals surface area (Å²) in [6, 6.07) is 6.35. The van der Waals surface area contributed by atoms with E-state index in [1.54, 1.807) is 0 Å². The van der Waals surface area contributed by atoms with E-state index in [4.69, 9.17) is 4.74 Å². The maximum Gasteiger partial charge on any atom is 0.309 e. The van der Waals surface area contributed by atoms with Crippen LogP contribution in [0.2, 0.25) is 0 Å². The summed E-state index contributed by atoms with van der Waals surface area (Å²) in [4.78, 5) is 15.4. The zero-order valence-corrected chi connectivity index (χ0v) is 11.5. The minimum Gasteiger partial charge on any atom is -0.466 e. The number of aryl methyl sites for hydroxylation is 2. The molecule has 0 bridgehead atoms. The molecule has 0 radical (unpaired) electrons. The molecule has 3 heteroatoms. The van der Waals surface area contributed by atoms with Crippen LogP contribution in [0.4, 0.5) is 0 Å². The quantitative estimate of drug-likeness (QED) is 0.840. The van der Waals surface area contributed by atoms with Crippen molar-refractivity contribution in [2.24, 2.45) is 5.92 Å². The molecule has 19 heavy (non-hydrogen) atoms. The van der Waals surface area contributed by atoms with Gasteiger partial charge in [0, 0.05) is 16.6 Å². The first-order valence-corrected chi connectivity index (χ1v) is 6.96. The monoisotopic (exact) mass is 257 g/mol. The molecule has 0 saturated carbocycles. The third-order valence-electron chi connectivity index (χ3n) is 4.05. The second-order valence-corrected chi connectivity index (χ2v) is 5.27. The third kappa shape index (κ3) is 2.03. The standard InChI is InChI=1S/C16H19NO2/c1-3-19-16(18)11-7-8-14-13(9-11)12-6-4-5-10(2)15(12)17-14/h4-6,11,17H,3,7-9H2,1-2H3. The molecule has 1 atom stereocenters. The van der Waals surface area contributed by atoms with Crippen molar-refractivity contribution in [3.05, 3.63) is 35.0 Å². The number of benzene rings is 1. The van der Waals surface area contributed by atoms with Crippen molar-refractivity contribution in [2.75, 3.05) is 6.61 Å². The Morgan fingerprint density at radius 3 is 3.11 bits per heavy atom. The van der Waals surface area contributed by atoms with Gasteiger partial charge in [0.2, 0.25) is 0 Å². The first kappa shape index (κ1) is 12.3. The number of ether oxygens (including phenoxy) is 1. The van der Waals surface area contributed by atoms with E-state index in [1.165, 1.54) is 27.7 Å². The van der Waals surface area contributed by atoms with Crippen molar-refractivity contribution in [1.82, 2.24) is 4.98 Å². The van der Waals surface area contributed by atoms with Crippen LogP contribution in [-0.2, 0) is 22.4 Å². The van der Waals surface area contributed by atoms with Crippen LogP contribution in [0.25, 0.3) is 10.9 Å². The van der Waals surface area contributed by atoms with Crippen molar-refractivity contribution in [1.29, 1.82) is 0 Å². The summed E-state index contributed by atoms with van der Waals surface area (Å²) in [5.74, 6) is -0.0258. The summed E-state index contributed by atoms with van der Waals surface area (Å²) in [5.41, 5.74) is 5.09. The fraction of sp³-hybridized carbons (Fsp3) is 0.438. The molecule has 1 aliphatic carbocycles. The molecule has 2 aromatic rings. The Morgan fingerprint density at radius 1 is 1.47 bits per heavy atom. The lowest BCUT2D eigenvalue weighted by Gasteiger charge is -2.20. The van der Waals surface area contributed by atoms with Gasteiger partial charge in [-0.05, 0) is 44.2 Å². The fourth-order valence-electron chi connectivity index (χ4n) is 3.05. The van der Waals surface area contributed by atoms with E-state index >= 15 is 0 Å². The Labute approximate surface area is 113 Å². The summed E-state index contributed by atoms with van der Waals surface area (Å²) >= 11 is 0. The van der Waals surface area contributed by atoms with Gasteiger partial charge in [-0.25, -0.2) is 0 Å². The minimum atomic E-state index is -0.0462. The van der Waals surface area contributed by atoms with Gasteiger partial charge in [0.15, 0.2) is 0 Å². The van der Waals surface area contributed by atoms with Gasteiger partial charge in [-0.15, -0.1) is 0 Å². The molecule has 1 N–H and O–H groups in total. The van der Waals surface area contributed by atoms with E-state index in [2.05, 4.69) is 30.1 Å². The predicted octanol–water partition coefficient (Wildman–Crippen LogP) is 3.14. The van der Waals surface area contributed by atoms with E-state index in [9.17, 15) is 4.79 Å². The van der Waals surface area contributed by atoms with Gasteiger partial charge in [0.05, 0.1) is 12.5 Å². The van der Waals surface area contributed by atoms with Crippen molar-refractivity contribution in [3.8, 4) is 0 Å². The van der Waals surface area contributed by atoms with Crippen LogP contribution in [0.15, 0.2) is 18.2 Å². The molecule has 3 nitrogen and oxygen atoms in total. The maximum atomic E-state index is 11.9. The van der Waals surface area contributed by atoms with Gasteiger partial charge in [0.1, 0.15) is 0 Å². The number of H-pyrrole nitrogens is 1. The number of nitrogens with one attached hydrogen (secondary N) is 1. The minimum absolute atomic E-state index is 0.0203. The summed E-state index contributed by atoms with van der Waals surface area (Å²) in [5, 5.41) is 1.27. The predicted molar refractivity (Wildman–Crippen MR) is 75.2 cm³/mol. The van der Waals surface area contributed by atoms with Crippen LogP contribution in [0, 0.1) is 12.8 Å². The molecule has 0 aliphatic heterocycles. The average Bonchev–Trinajstić information content (AvgIpc) is 2.78. The number of hydrogen-bond donors (Lipinski definition) is 1. The SMILES string of the molecule is CCOC(=O)C1CCc2[nH]c3c(C)cccc3c2C1. The molecule has 1 unspecified atom stereocenters. The van der Waals surface area contributed by atoms with Gasteiger partial charge in [-0.2, -0.15) is 0 Å². The van der Waals surface area contributed by atoms with Crippen LogP contribution in [-0.4, -0.2) is 17.6 Å².